The van der Waals surface area contributed by atoms with Crippen molar-refractivity contribution >= 4 is 17.6 Å². The number of aliphatic hydroxyl groups excluding tert-OH is 2. The molecule has 4 N–H and O–H groups in total. The number of hydrazine groups is 1. The molecule has 0 aliphatic heterocycles. The second kappa shape index (κ2) is 8.89. The first-order valence-corrected chi connectivity index (χ1v) is 6.16. The van der Waals surface area contributed by atoms with Crippen LogP contribution in [0, 0.1) is 0 Å². The summed E-state index contributed by atoms with van der Waals surface area (Å²) in [5.74, 6) is -1.01. The molecule has 0 heterocycles. The average Bonchev–Trinajstić information content (AvgIpc) is 2.49. The number of esters is 1. The molecule has 0 aromatic heterocycles. The van der Waals surface area contributed by atoms with Crippen LogP contribution in [-0.2, 0) is 14.3 Å². The molecular weight excluding hydrogens is 264 g/mol. The van der Waals surface area contributed by atoms with Gasteiger partial charge in [-0.3, -0.25) is 20.4 Å². The first kappa shape index (κ1) is 15.9. The Morgan fingerprint density at radius 3 is 2.35 bits per heavy atom. The van der Waals surface area contributed by atoms with E-state index in [0.717, 1.165) is 5.69 Å². The number of nitrogens with one attached hydrogen (secondary N) is 2. The number of rotatable bonds is 8. The molecule has 0 aliphatic rings. The first-order chi connectivity index (χ1) is 9.65. The maximum Gasteiger partial charge on any atom is 0.306 e. The van der Waals surface area contributed by atoms with E-state index in [0.29, 0.717) is 0 Å². The smallest absolute Gasteiger partial charge is 0.306 e. The average molecular weight is 282 g/mol. The molecule has 1 aromatic carbocycles. The zero-order chi connectivity index (χ0) is 14.8. The van der Waals surface area contributed by atoms with Crippen molar-refractivity contribution in [3.8, 4) is 0 Å². The maximum absolute atomic E-state index is 11.5. The summed E-state index contributed by atoms with van der Waals surface area (Å²) in [6, 6.07) is 9.04. The van der Waals surface area contributed by atoms with Crippen molar-refractivity contribution in [1.29, 1.82) is 0 Å². The van der Waals surface area contributed by atoms with E-state index in [-0.39, 0.29) is 18.7 Å². The van der Waals surface area contributed by atoms with Crippen LogP contribution in [0.25, 0.3) is 0 Å². The summed E-state index contributed by atoms with van der Waals surface area (Å²) in [7, 11) is 0. The Bertz CT molecular complexity index is 420. The fourth-order valence-electron chi connectivity index (χ4n) is 1.32. The van der Waals surface area contributed by atoms with E-state index in [1.807, 2.05) is 18.2 Å². The minimum atomic E-state index is -0.937. The summed E-state index contributed by atoms with van der Waals surface area (Å²) in [5, 5.41) is 17.5. The molecule has 7 nitrogen and oxygen atoms in total. The quantitative estimate of drug-likeness (QED) is 0.389. The molecular formula is C13H18N2O5. The van der Waals surface area contributed by atoms with E-state index < -0.39 is 25.3 Å². The van der Waals surface area contributed by atoms with Crippen LogP contribution in [0.5, 0.6) is 0 Å². The van der Waals surface area contributed by atoms with E-state index in [2.05, 4.69) is 10.9 Å². The van der Waals surface area contributed by atoms with Crippen LogP contribution in [0.2, 0.25) is 0 Å². The molecule has 0 atom stereocenters. The third-order valence-electron chi connectivity index (χ3n) is 2.38. The van der Waals surface area contributed by atoms with Crippen molar-refractivity contribution in [2.45, 2.75) is 18.9 Å². The molecule has 0 spiro atoms. The normalized spacial score (nSPS) is 10.2. The van der Waals surface area contributed by atoms with Gasteiger partial charge in [-0.25, -0.2) is 0 Å². The molecule has 7 heteroatoms. The fourth-order valence-corrected chi connectivity index (χ4v) is 1.32. The summed E-state index contributed by atoms with van der Waals surface area (Å²) >= 11 is 0. The minimum absolute atomic E-state index is 0.0533. The number of anilines is 1. The third-order valence-corrected chi connectivity index (χ3v) is 2.38. The summed E-state index contributed by atoms with van der Waals surface area (Å²) in [5.41, 5.74) is 5.87. The van der Waals surface area contributed by atoms with E-state index in [1.165, 1.54) is 0 Å². The predicted octanol–water partition coefficient (Wildman–Crippen LogP) is -0.194. The molecule has 0 saturated heterocycles. The highest BCUT2D eigenvalue weighted by Crippen LogP contribution is 2.03. The standard InChI is InChI=1S/C13H18N2O5/c16-8-11(9-17)20-13(19)7-6-12(18)15-14-10-4-2-1-3-5-10/h1-5,11,14,16-17H,6-9H2,(H,15,18). The Hall–Kier alpha value is -2.12. The Labute approximate surface area is 116 Å². The second-order valence-electron chi connectivity index (χ2n) is 4.02. The number of benzene rings is 1. The number of ether oxygens (including phenoxy) is 1. The number of carbonyl (C=O) groups excluding carboxylic acids is 2. The van der Waals surface area contributed by atoms with Crippen molar-refractivity contribution < 1.29 is 24.5 Å². The van der Waals surface area contributed by atoms with Gasteiger partial charge in [-0.1, -0.05) is 18.2 Å². The molecule has 20 heavy (non-hydrogen) atoms. The predicted molar refractivity (Wildman–Crippen MR) is 71.5 cm³/mol. The van der Waals surface area contributed by atoms with Gasteiger partial charge in [-0.05, 0) is 12.1 Å². The van der Waals surface area contributed by atoms with E-state index in [1.54, 1.807) is 12.1 Å². The molecule has 0 unspecified atom stereocenters. The number of amides is 1. The number of hydrogen-bond acceptors (Lipinski definition) is 6. The van der Waals surface area contributed by atoms with Gasteiger partial charge in [0.15, 0.2) is 0 Å². The van der Waals surface area contributed by atoms with Crippen LogP contribution >= 0.6 is 0 Å². The molecule has 0 bridgehead atoms. The minimum Gasteiger partial charge on any atom is -0.457 e. The maximum atomic E-state index is 11.5. The molecule has 1 amide bonds. The van der Waals surface area contributed by atoms with Crippen molar-refractivity contribution in [1.82, 2.24) is 5.43 Å². The molecule has 0 aliphatic carbocycles. The summed E-state index contributed by atoms with van der Waals surface area (Å²) < 4.78 is 4.72. The Kier molecular flexibility index (Phi) is 7.08. The van der Waals surface area contributed by atoms with Crippen molar-refractivity contribution in [3.63, 3.8) is 0 Å². The fraction of sp³-hybridized carbons (Fsp3) is 0.385. The Balaban J connectivity index is 2.21. The van der Waals surface area contributed by atoms with Gasteiger partial charge in [0.25, 0.3) is 0 Å². The zero-order valence-electron chi connectivity index (χ0n) is 10.9. The van der Waals surface area contributed by atoms with Crippen molar-refractivity contribution in [2.75, 3.05) is 18.6 Å². The number of hydrogen-bond donors (Lipinski definition) is 4. The lowest BCUT2D eigenvalue weighted by Crippen LogP contribution is -2.30. The highest BCUT2D eigenvalue weighted by atomic mass is 16.6. The Morgan fingerprint density at radius 1 is 1.10 bits per heavy atom. The van der Waals surface area contributed by atoms with Gasteiger partial charge in [-0.15, -0.1) is 0 Å². The Morgan fingerprint density at radius 2 is 1.75 bits per heavy atom. The van der Waals surface area contributed by atoms with E-state index >= 15 is 0 Å². The van der Waals surface area contributed by atoms with E-state index in [4.69, 9.17) is 14.9 Å². The summed E-state index contributed by atoms with van der Waals surface area (Å²) in [4.78, 5) is 22.8. The number of para-hydroxylation sites is 1. The lowest BCUT2D eigenvalue weighted by Gasteiger charge is -2.12. The molecule has 110 valence electrons. The van der Waals surface area contributed by atoms with Gasteiger partial charge in [-0.2, -0.15) is 0 Å². The van der Waals surface area contributed by atoms with Crippen LogP contribution in [0.4, 0.5) is 5.69 Å². The highest BCUT2D eigenvalue weighted by Gasteiger charge is 2.13. The largest absolute Gasteiger partial charge is 0.457 e. The molecule has 0 fully saturated rings. The molecule has 1 aromatic rings. The van der Waals surface area contributed by atoms with E-state index in [9.17, 15) is 9.59 Å². The lowest BCUT2D eigenvalue weighted by atomic mass is 10.3. The van der Waals surface area contributed by atoms with Gasteiger partial charge in [0.05, 0.1) is 25.3 Å². The number of aliphatic hydroxyl groups is 2. The monoisotopic (exact) mass is 282 g/mol. The van der Waals surface area contributed by atoms with Gasteiger partial charge >= 0.3 is 5.97 Å². The van der Waals surface area contributed by atoms with Gasteiger partial charge in [0, 0.05) is 6.42 Å². The zero-order valence-corrected chi connectivity index (χ0v) is 10.9. The molecule has 0 radical (unpaired) electrons. The molecule has 0 saturated carbocycles. The van der Waals surface area contributed by atoms with Crippen molar-refractivity contribution in [2.24, 2.45) is 0 Å². The highest BCUT2D eigenvalue weighted by molar-refractivity contribution is 5.82. The van der Waals surface area contributed by atoms with Gasteiger partial charge in [0.2, 0.25) is 5.91 Å². The first-order valence-electron chi connectivity index (χ1n) is 6.16. The number of carbonyl (C=O) groups is 2. The van der Waals surface area contributed by atoms with Crippen LogP contribution in [-0.4, -0.2) is 41.4 Å². The molecule has 1 rings (SSSR count). The van der Waals surface area contributed by atoms with Crippen LogP contribution in [0.1, 0.15) is 12.8 Å². The van der Waals surface area contributed by atoms with Crippen molar-refractivity contribution in [3.05, 3.63) is 30.3 Å². The second-order valence-corrected chi connectivity index (χ2v) is 4.02. The topological polar surface area (TPSA) is 108 Å². The van der Waals surface area contributed by atoms with Crippen LogP contribution in [0.15, 0.2) is 30.3 Å². The van der Waals surface area contributed by atoms with Crippen LogP contribution < -0.4 is 10.9 Å². The SMILES string of the molecule is O=C(CCC(=O)OC(CO)CO)NNc1ccccc1. The summed E-state index contributed by atoms with van der Waals surface area (Å²) in [6.45, 7) is -0.909. The van der Waals surface area contributed by atoms with Crippen LogP contribution in [0.3, 0.4) is 0 Å². The third kappa shape index (κ3) is 6.17. The van der Waals surface area contributed by atoms with Gasteiger partial charge < -0.3 is 14.9 Å². The van der Waals surface area contributed by atoms with Gasteiger partial charge in [0.1, 0.15) is 6.10 Å². The lowest BCUT2D eigenvalue weighted by molar-refractivity contribution is -0.154. The summed E-state index contributed by atoms with van der Waals surface area (Å²) in [6.07, 6.45) is -1.12.